The van der Waals surface area contributed by atoms with Crippen LogP contribution in [0, 0.1) is 5.92 Å². The van der Waals surface area contributed by atoms with Crippen molar-refractivity contribution in [3.05, 3.63) is 48.5 Å². The van der Waals surface area contributed by atoms with E-state index in [1.807, 2.05) is 35.4 Å². The maximum absolute atomic E-state index is 13.2. The lowest BCUT2D eigenvalue weighted by molar-refractivity contribution is -0.136. The lowest BCUT2D eigenvalue weighted by atomic mass is 9.96. The van der Waals surface area contributed by atoms with E-state index in [-0.39, 0.29) is 17.9 Å². The maximum atomic E-state index is 13.2. The number of pyridine rings is 1. The molecule has 130 valence electrons. The molecule has 2 fully saturated rings. The highest BCUT2D eigenvalue weighted by Gasteiger charge is 2.36. The number of nitrogens with zero attached hydrogens (tertiary/aromatic N) is 5. The standard InChI is InChI=1S/C19H23N5O/c25-18(24-13-4-8-17(24)16-7-1-2-9-20-16)15-6-3-12-23(14-15)19-21-10-5-11-22-19/h1-2,5,7,9-11,15,17H,3-4,6,8,12-14H2/t15-,17+/m1/s1. The molecule has 0 aliphatic carbocycles. The van der Waals surface area contributed by atoms with Crippen LogP contribution in [-0.2, 0) is 4.79 Å². The molecule has 2 aromatic rings. The van der Waals surface area contributed by atoms with Gasteiger partial charge in [-0.1, -0.05) is 6.07 Å². The first kappa shape index (κ1) is 16.0. The van der Waals surface area contributed by atoms with Crippen LogP contribution in [0.2, 0.25) is 0 Å². The van der Waals surface area contributed by atoms with Gasteiger partial charge in [-0.05, 0) is 43.9 Å². The van der Waals surface area contributed by atoms with Crippen LogP contribution in [0.4, 0.5) is 5.95 Å². The zero-order valence-corrected chi connectivity index (χ0v) is 14.3. The van der Waals surface area contributed by atoms with Crippen molar-refractivity contribution in [3.63, 3.8) is 0 Å². The van der Waals surface area contributed by atoms with Crippen molar-refractivity contribution >= 4 is 11.9 Å². The fraction of sp³-hybridized carbons (Fsp3) is 0.474. The van der Waals surface area contributed by atoms with Crippen LogP contribution in [0.1, 0.15) is 37.4 Å². The van der Waals surface area contributed by atoms with Gasteiger partial charge in [0.25, 0.3) is 0 Å². The average Bonchev–Trinajstić information content (AvgIpc) is 3.19. The molecule has 2 atom stereocenters. The van der Waals surface area contributed by atoms with Gasteiger partial charge >= 0.3 is 0 Å². The van der Waals surface area contributed by atoms with Crippen molar-refractivity contribution in [1.82, 2.24) is 19.9 Å². The van der Waals surface area contributed by atoms with E-state index >= 15 is 0 Å². The zero-order valence-electron chi connectivity index (χ0n) is 14.3. The number of hydrogen-bond donors (Lipinski definition) is 0. The van der Waals surface area contributed by atoms with Crippen molar-refractivity contribution in [2.24, 2.45) is 5.92 Å². The Bertz CT molecular complexity index is 708. The molecule has 4 rings (SSSR count). The first-order chi connectivity index (χ1) is 12.3. The van der Waals surface area contributed by atoms with Crippen LogP contribution in [0.15, 0.2) is 42.9 Å². The molecule has 2 aliphatic rings. The fourth-order valence-corrected chi connectivity index (χ4v) is 3.96. The molecule has 2 saturated heterocycles. The highest BCUT2D eigenvalue weighted by Crippen LogP contribution is 2.33. The minimum absolute atomic E-state index is 0.0156. The summed E-state index contributed by atoms with van der Waals surface area (Å²) in [6, 6.07) is 7.89. The monoisotopic (exact) mass is 337 g/mol. The Morgan fingerprint density at radius 2 is 1.76 bits per heavy atom. The Hall–Kier alpha value is -2.50. The second kappa shape index (κ2) is 7.17. The summed E-state index contributed by atoms with van der Waals surface area (Å²) in [7, 11) is 0. The number of carbonyl (C=O) groups excluding carboxylic acids is 1. The van der Waals surface area contributed by atoms with Gasteiger partial charge in [0.15, 0.2) is 0 Å². The van der Waals surface area contributed by atoms with E-state index in [0.717, 1.165) is 50.4 Å². The molecule has 2 aliphatic heterocycles. The predicted octanol–water partition coefficient (Wildman–Crippen LogP) is 2.45. The Balaban J connectivity index is 1.48. The number of amides is 1. The summed E-state index contributed by atoms with van der Waals surface area (Å²) in [5.74, 6) is 0.998. The van der Waals surface area contributed by atoms with Gasteiger partial charge in [-0.3, -0.25) is 9.78 Å². The third-order valence-corrected chi connectivity index (χ3v) is 5.17. The summed E-state index contributed by atoms with van der Waals surface area (Å²) < 4.78 is 0. The van der Waals surface area contributed by atoms with Gasteiger partial charge in [0.2, 0.25) is 11.9 Å². The number of rotatable bonds is 3. The molecule has 0 N–H and O–H groups in total. The molecule has 0 aromatic carbocycles. The number of piperidine rings is 1. The topological polar surface area (TPSA) is 62.2 Å². The fourth-order valence-electron chi connectivity index (χ4n) is 3.96. The zero-order chi connectivity index (χ0) is 17.1. The summed E-state index contributed by atoms with van der Waals surface area (Å²) in [5.41, 5.74) is 1.01. The van der Waals surface area contributed by atoms with Crippen molar-refractivity contribution < 1.29 is 4.79 Å². The van der Waals surface area contributed by atoms with Crippen LogP contribution in [0.5, 0.6) is 0 Å². The Morgan fingerprint density at radius 3 is 2.56 bits per heavy atom. The van der Waals surface area contributed by atoms with E-state index in [4.69, 9.17) is 0 Å². The van der Waals surface area contributed by atoms with E-state index in [9.17, 15) is 4.79 Å². The van der Waals surface area contributed by atoms with E-state index in [2.05, 4.69) is 19.9 Å². The predicted molar refractivity (Wildman–Crippen MR) is 94.9 cm³/mol. The van der Waals surface area contributed by atoms with E-state index in [0.29, 0.717) is 6.54 Å². The first-order valence-electron chi connectivity index (χ1n) is 9.06. The van der Waals surface area contributed by atoms with Gasteiger partial charge in [0.1, 0.15) is 0 Å². The lowest BCUT2D eigenvalue weighted by Gasteiger charge is -2.35. The Labute approximate surface area is 147 Å². The van der Waals surface area contributed by atoms with Gasteiger partial charge in [0.05, 0.1) is 17.7 Å². The number of aromatic nitrogens is 3. The molecular formula is C19H23N5O. The highest BCUT2D eigenvalue weighted by atomic mass is 16.2. The van der Waals surface area contributed by atoms with Crippen LogP contribution in [-0.4, -0.2) is 45.4 Å². The van der Waals surface area contributed by atoms with Crippen molar-refractivity contribution in [2.45, 2.75) is 31.7 Å². The van der Waals surface area contributed by atoms with Crippen LogP contribution in [0.3, 0.4) is 0 Å². The molecule has 0 unspecified atom stereocenters. The SMILES string of the molecule is O=C([C@@H]1CCCN(c2ncccn2)C1)N1CCC[C@H]1c1ccccn1. The molecule has 1 amide bonds. The molecule has 2 aromatic heterocycles. The molecule has 25 heavy (non-hydrogen) atoms. The van der Waals surface area contributed by atoms with E-state index in [1.54, 1.807) is 12.4 Å². The third kappa shape index (κ3) is 3.34. The van der Waals surface area contributed by atoms with Gasteiger partial charge in [-0.2, -0.15) is 0 Å². The Morgan fingerprint density at radius 1 is 0.960 bits per heavy atom. The van der Waals surface area contributed by atoms with Crippen molar-refractivity contribution in [2.75, 3.05) is 24.5 Å². The normalized spacial score (nSPS) is 23.7. The number of hydrogen-bond acceptors (Lipinski definition) is 5. The summed E-state index contributed by atoms with van der Waals surface area (Å²) in [6.45, 7) is 2.45. The second-order valence-electron chi connectivity index (χ2n) is 6.78. The average molecular weight is 337 g/mol. The van der Waals surface area contributed by atoms with Gasteiger partial charge < -0.3 is 9.80 Å². The molecule has 0 spiro atoms. The number of carbonyl (C=O) groups is 1. The summed E-state index contributed by atoms with van der Waals surface area (Å²) in [4.78, 5) is 30.5. The number of anilines is 1. The summed E-state index contributed by atoms with van der Waals surface area (Å²) in [5, 5.41) is 0. The molecule has 4 heterocycles. The molecule has 0 radical (unpaired) electrons. The minimum Gasteiger partial charge on any atom is -0.340 e. The van der Waals surface area contributed by atoms with Crippen molar-refractivity contribution in [1.29, 1.82) is 0 Å². The van der Waals surface area contributed by atoms with Gasteiger partial charge in [0, 0.05) is 38.2 Å². The second-order valence-corrected chi connectivity index (χ2v) is 6.78. The lowest BCUT2D eigenvalue weighted by Crippen LogP contribution is -2.45. The van der Waals surface area contributed by atoms with E-state index in [1.165, 1.54) is 0 Å². The van der Waals surface area contributed by atoms with Crippen LogP contribution >= 0.6 is 0 Å². The summed E-state index contributed by atoms with van der Waals surface area (Å²) in [6.07, 6.45) is 9.30. The van der Waals surface area contributed by atoms with E-state index < -0.39 is 0 Å². The quantitative estimate of drug-likeness (QED) is 0.861. The smallest absolute Gasteiger partial charge is 0.228 e. The molecule has 0 bridgehead atoms. The third-order valence-electron chi connectivity index (χ3n) is 5.17. The Kier molecular flexibility index (Phi) is 4.59. The largest absolute Gasteiger partial charge is 0.340 e. The maximum Gasteiger partial charge on any atom is 0.228 e. The first-order valence-corrected chi connectivity index (χ1v) is 9.06. The van der Waals surface area contributed by atoms with Crippen LogP contribution < -0.4 is 4.90 Å². The van der Waals surface area contributed by atoms with Gasteiger partial charge in [-0.15, -0.1) is 0 Å². The minimum atomic E-state index is 0.0156. The van der Waals surface area contributed by atoms with Crippen LogP contribution in [0.25, 0.3) is 0 Å². The molecule has 6 nitrogen and oxygen atoms in total. The van der Waals surface area contributed by atoms with Crippen molar-refractivity contribution in [3.8, 4) is 0 Å². The van der Waals surface area contributed by atoms with Gasteiger partial charge in [-0.25, -0.2) is 9.97 Å². The molecular weight excluding hydrogens is 314 g/mol. The molecule has 0 saturated carbocycles. The summed E-state index contributed by atoms with van der Waals surface area (Å²) >= 11 is 0. The highest BCUT2D eigenvalue weighted by molar-refractivity contribution is 5.80. The number of likely N-dealkylation sites (tertiary alicyclic amines) is 1. The molecule has 6 heteroatoms.